The quantitative estimate of drug-likeness (QED) is 0.770. The van der Waals surface area contributed by atoms with E-state index in [-0.39, 0.29) is 22.8 Å². The number of carbonyl (C=O) groups is 1. The van der Waals surface area contributed by atoms with E-state index in [9.17, 15) is 21.6 Å². The van der Waals surface area contributed by atoms with Gasteiger partial charge in [-0.05, 0) is 24.6 Å². The molecular weight excluding hydrogens is 320 g/mol. The smallest absolute Gasteiger partial charge is 0.262 e. The van der Waals surface area contributed by atoms with Gasteiger partial charge in [0.05, 0.1) is 23.4 Å². The Hall–Kier alpha value is -1.49. The van der Waals surface area contributed by atoms with Crippen molar-refractivity contribution in [3.8, 4) is 0 Å². The van der Waals surface area contributed by atoms with Crippen molar-refractivity contribution in [1.82, 2.24) is 4.89 Å². The first-order valence-electron chi connectivity index (χ1n) is 5.90. The summed E-state index contributed by atoms with van der Waals surface area (Å²) in [5.74, 6) is -0.861. The van der Waals surface area contributed by atoms with Crippen LogP contribution >= 0.6 is 0 Å². The number of hydrogen-bond acceptors (Lipinski definition) is 6. The van der Waals surface area contributed by atoms with Gasteiger partial charge in [-0.1, -0.05) is 11.0 Å². The van der Waals surface area contributed by atoms with Crippen LogP contribution in [0.5, 0.6) is 0 Å². The topological polar surface area (TPSA) is 110 Å². The highest BCUT2D eigenvalue weighted by atomic mass is 32.2. The van der Waals surface area contributed by atoms with Gasteiger partial charge < -0.3 is 0 Å². The highest BCUT2D eigenvalue weighted by Crippen LogP contribution is 2.28. The molecule has 1 aromatic carbocycles. The van der Waals surface area contributed by atoms with Gasteiger partial charge in [0.1, 0.15) is 0 Å². The fourth-order valence-corrected chi connectivity index (χ4v) is 4.56. The molecule has 1 aliphatic heterocycles. The van der Waals surface area contributed by atoms with Gasteiger partial charge in [0, 0.05) is 6.42 Å². The molecule has 0 radical (unpaired) electrons. The third-order valence-electron chi connectivity index (χ3n) is 2.97. The number of carbonyl (C=O) groups excluding carboxylic acids is 1. The fraction of sp³-hybridized carbons (Fsp3) is 0.364. The van der Waals surface area contributed by atoms with E-state index in [2.05, 4.69) is 4.84 Å². The number of anilines is 1. The fourth-order valence-electron chi connectivity index (χ4n) is 2.03. The van der Waals surface area contributed by atoms with E-state index in [4.69, 9.17) is 0 Å². The van der Waals surface area contributed by atoms with Crippen LogP contribution in [0.3, 0.4) is 0 Å². The van der Waals surface area contributed by atoms with E-state index in [1.807, 2.05) is 4.89 Å². The lowest BCUT2D eigenvalue weighted by molar-refractivity contribution is -0.116. The summed E-state index contributed by atoms with van der Waals surface area (Å²) in [6, 6.07) is 3.96. The Morgan fingerprint density at radius 2 is 2.00 bits per heavy atom. The van der Waals surface area contributed by atoms with Gasteiger partial charge in [-0.2, -0.15) is 0 Å². The molecule has 1 amide bonds. The number of amides is 1. The molecule has 1 aromatic rings. The Morgan fingerprint density at radius 3 is 2.52 bits per heavy atom. The zero-order chi connectivity index (χ0) is 15.8. The standard InChI is InChI=1S/C11H14N2O6S2/c1-8-3-4-9(7-10(8)21(17,18)12-19-2)13-11(14)5-6-20(13,15)16/h3-4,7,12H,5-6H2,1-2H3. The first-order chi connectivity index (χ1) is 9.69. The van der Waals surface area contributed by atoms with Crippen LogP contribution in [0.1, 0.15) is 12.0 Å². The number of nitrogens with zero attached hydrogens (tertiary/aromatic N) is 1. The van der Waals surface area contributed by atoms with Crippen LogP contribution in [0.2, 0.25) is 0 Å². The maximum absolute atomic E-state index is 12.0. The summed E-state index contributed by atoms with van der Waals surface area (Å²) in [6.45, 7) is 1.55. The molecule has 0 saturated carbocycles. The summed E-state index contributed by atoms with van der Waals surface area (Å²) in [6.07, 6.45) is -0.116. The van der Waals surface area contributed by atoms with Gasteiger partial charge >= 0.3 is 0 Å². The molecule has 116 valence electrons. The van der Waals surface area contributed by atoms with E-state index in [0.717, 1.165) is 13.2 Å². The van der Waals surface area contributed by atoms with Gasteiger partial charge in [0.2, 0.25) is 15.9 Å². The highest BCUT2D eigenvalue weighted by molar-refractivity contribution is 7.94. The molecule has 1 aliphatic rings. The number of hydrogen-bond donors (Lipinski definition) is 1. The first kappa shape index (κ1) is 15.9. The predicted octanol–water partition coefficient (Wildman–Crippen LogP) is -0.0988. The third-order valence-corrected chi connectivity index (χ3v) is 6.06. The second-order valence-electron chi connectivity index (χ2n) is 4.46. The highest BCUT2D eigenvalue weighted by Gasteiger charge is 2.36. The van der Waals surface area contributed by atoms with Crippen molar-refractivity contribution < 1.29 is 26.5 Å². The number of sulfonamides is 2. The SMILES string of the molecule is CONS(=O)(=O)c1cc(N2C(=O)CCS2(=O)=O)ccc1C. The lowest BCUT2D eigenvalue weighted by Gasteiger charge is -2.17. The zero-order valence-electron chi connectivity index (χ0n) is 11.4. The second-order valence-corrected chi connectivity index (χ2v) is 8.02. The van der Waals surface area contributed by atoms with Crippen LogP contribution < -0.4 is 9.19 Å². The summed E-state index contributed by atoms with van der Waals surface area (Å²) >= 11 is 0. The Morgan fingerprint density at radius 1 is 1.33 bits per heavy atom. The van der Waals surface area contributed by atoms with Crippen LogP contribution in [0.15, 0.2) is 23.1 Å². The molecule has 1 saturated heterocycles. The lowest BCUT2D eigenvalue weighted by Crippen LogP contribution is -2.30. The van der Waals surface area contributed by atoms with Crippen molar-refractivity contribution in [3.63, 3.8) is 0 Å². The van der Waals surface area contributed by atoms with Crippen molar-refractivity contribution in [3.05, 3.63) is 23.8 Å². The summed E-state index contributed by atoms with van der Waals surface area (Å²) in [5.41, 5.74) is 0.395. The normalized spacial score (nSPS) is 18.2. The molecule has 0 bridgehead atoms. The van der Waals surface area contributed by atoms with Crippen molar-refractivity contribution in [2.24, 2.45) is 0 Å². The minimum atomic E-state index is -3.95. The molecule has 0 aromatic heterocycles. The van der Waals surface area contributed by atoms with Crippen molar-refractivity contribution in [2.45, 2.75) is 18.2 Å². The van der Waals surface area contributed by atoms with E-state index in [0.29, 0.717) is 9.87 Å². The Balaban J connectivity index is 2.57. The molecule has 1 N–H and O–H groups in total. The summed E-state index contributed by atoms with van der Waals surface area (Å²) in [4.78, 5) is 17.8. The van der Waals surface area contributed by atoms with Crippen LogP contribution in [0, 0.1) is 6.92 Å². The Kier molecular flexibility index (Phi) is 4.06. The van der Waals surface area contributed by atoms with Crippen LogP contribution in [-0.2, 0) is 29.7 Å². The van der Waals surface area contributed by atoms with Gasteiger partial charge in [0.25, 0.3) is 10.0 Å². The van der Waals surface area contributed by atoms with Gasteiger partial charge in [-0.25, -0.2) is 21.1 Å². The molecule has 1 heterocycles. The minimum absolute atomic E-state index is 0.000391. The molecule has 1 fully saturated rings. The molecule has 10 heteroatoms. The van der Waals surface area contributed by atoms with E-state index in [1.54, 1.807) is 6.92 Å². The third kappa shape index (κ3) is 2.93. The van der Waals surface area contributed by atoms with Gasteiger partial charge in [-0.15, -0.1) is 0 Å². The van der Waals surface area contributed by atoms with Crippen LogP contribution in [0.4, 0.5) is 5.69 Å². The molecule has 0 unspecified atom stereocenters. The summed E-state index contributed by atoms with van der Waals surface area (Å²) in [7, 11) is -6.55. The Bertz CT molecular complexity index is 785. The molecule has 0 aliphatic carbocycles. The number of rotatable bonds is 4. The molecule has 21 heavy (non-hydrogen) atoms. The number of benzene rings is 1. The zero-order valence-corrected chi connectivity index (χ0v) is 13.0. The summed E-state index contributed by atoms with van der Waals surface area (Å²) < 4.78 is 48.3. The number of nitrogens with one attached hydrogen (secondary N) is 1. The average Bonchev–Trinajstić information content (AvgIpc) is 2.64. The predicted molar refractivity (Wildman–Crippen MR) is 74.4 cm³/mol. The average molecular weight is 334 g/mol. The van der Waals surface area contributed by atoms with Crippen LogP contribution in [-0.4, -0.2) is 35.6 Å². The minimum Gasteiger partial charge on any atom is -0.290 e. The summed E-state index contributed by atoms with van der Waals surface area (Å²) in [5, 5.41) is 0. The van der Waals surface area contributed by atoms with Crippen molar-refractivity contribution in [2.75, 3.05) is 17.2 Å². The van der Waals surface area contributed by atoms with E-state index < -0.39 is 26.0 Å². The molecule has 0 atom stereocenters. The maximum atomic E-state index is 12.0. The lowest BCUT2D eigenvalue weighted by atomic mass is 10.2. The van der Waals surface area contributed by atoms with Crippen LogP contribution in [0.25, 0.3) is 0 Å². The second kappa shape index (κ2) is 5.37. The first-order valence-corrected chi connectivity index (χ1v) is 8.99. The largest absolute Gasteiger partial charge is 0.290 e. The molecule has 0 spiro atoms. The van der Waals surface area contributed by atoms with Crippen molar-refractivity contribution >= 4 is 31.6 Å². The Labute approximate surface area is 122 Å². The molecule has 2 rings (SSSR count). The van der Waals surface area contributed by atoms with Gasteiger partial charge in [0.15, 0.2) is 0 Å². The van der Waals surface area contributed by atoms with Crippen molar-refractivity contribution in [1.29, 1.82) is 0 Å². The van der Waals surface area contributed by atoms with Gasteiger partial charge in [-0.3, -0.25) is 9.63 Å². The maximum Gasteiger partial charge on any atom is 0.262 e. The monoisotopic (exact) mass is 334 g/mol. The molecular formula is C11H14N2O6S2. The molecule has 8 nitrogen and oxygen atoms in total. The van der Waals surface area contributed by atoms with E-state index >= 15 is 0 Å². The van der Waals surface area contributed by atoms with E-state index in [1.165, 1.54) is 12.1 Å². The number of aryl methyl sites for hydroxylation is 1.